The maximum absolute atomic E-state index is 13.7. The van der Waals surface area contributed by atoms with Crippen molar-refractivity contribution in [1.82, 2.24) is 5.32 Å². The lowest BCUT2D eigenvalue weighted by molar-refractivity contribution is -0.149. The maximum atomic E-state index is 13.7. The molecule has 1 aromatic carbocycles. The van der Waals surface area contributed by atoms with Gasteiger partial charge in [0.05, 0.1) is 0 Å². The van der Waals surface area contributed by atoms with Crippen molar-refractivity contribution in [1.29, 1.82) is 0 Å². The van der Waals surface area contributed by atoms with E-state index in [4.69, 9.17) is 4.74 Å². The van der Waals surface area contributed by atoms with Crippen LogP contribution in [0, 0.1) is 5.82 Å². The first-order valence-corrected chi connectivity index (χ1v) is 8.89. The maximum Gasteiger partial charge on any atom is 0.252 e. The Morgan fingerprint density at radius 1 is 1.17 bits per heavy atom. The second kappa shape index (κ2) is 7.19. The van der Waals surface area contributed by atoms with Crippen molar-refractivity contribution in [3.8, 4) is 0 Å². The summed E-state index contributed by atoms with van der Waals surface area (Å²) in [6.07, 6.45) is 5.83. The summed E-state index contributed by atoms with van der Waals surface area (Å²) in [5.74, 6) is -0.570. The van der Waals surface area contributed by atoms with Gasteiger partial charge in [-0.3, -0.25) is 4.79 Å². The molecule has 1 heterocycles. The van der Waals surface area contributed by atoms with Crippen molar-refractivity contribution in [2.45, 2.75) is 56.0 Å². The highest BCUT2D eigenvalue weighted by atomic mass is 19.1. The van der Waals surface area contributed by atoms with E-state index in [1.165, 1.54) is 12.5 Å². The average molecular weight is 335 g/mol. The van der Waals surface area contributed by atoms with Crippen molar-refractivity contribution in [2.24, 2.45) is 0 Å². The minimum absolute atomic E-state index is 0.239. The molecule has 0 bridgehead atoms. The highest BCUT2D eigenvalue weighted by Crippen LogP contribution is 2.39. The Balaban J connectivity index is 1.74. The Hall–Kier alpha value is -1.46. The predicted molar refractivity (Wildman–Crippen MR) is 89.2 cm³/mol. The lowest BCUT2D eigenvalue weighted by Gasteiger charge is -2.39. The molecule has 4 nitrogen and oxygen atoms in total. The molecule has 0 aromatic heterocycles. The molecule has 1 aliphatic heterocycles. The first kappa shape index (κ1) is 17.4. The van der Waals surface area contributed by atoms with Gasteiger partial charge in [-0.2, -0.15) is 0 Å². The predicted octanol–water partition coefficient (Wildman–Crippen LogP) is 2.69. The minimum Gasteiger partial charge on any atom is -0.381 e. The molecule has 24 heavy (non-hydrogen) atoms. The number of benzene rings is 1. The number of halogens is 1. The quantitative estimate of drug-likeness (QED) is 0.889. The Labute approximate surface area is 142 Å². The molecule has 0 unspecified atom stereocenters. The van der Waals surface area contributed by atoms with Crippen LogP contribution in [0.2, 0.25) is 0 Å². The van der Waals surface area contributed by atoms with Gasteiger partial charge in [-0.05, 0) is 30.5 Å². The van der Waals surface area contributed by atoms with Crippen molar-refractivity contribution in [3.63, 3.8) is 0 Å². The Bertz CT molecular complexity index is 578. The van der Waals surface area contributed by atoms with Crippen LogP contribution < -0.4 is 5.32 Å². The van der Waals surface area contributed by atoms with Crippen molar-refractivity contribution >= 4 is 5.91 Å². The molecule has 0 spiro atoms. The zero-order chi connectivity index (χ0) is 17.0. The van der Waals surface area contributed by atoms with Crippen molar-refractivity contribution in [3.05, 3.63) is 35.6 Å². The van der Waals surface area contributed by atoms with Gasteiger partial charge < -0.3 is 15.2 Å². The van der Waals surface area contributed by atoms with E-state index < -0.39 is 5.60 Å². The minimum atomic E-state index is -1.34. The van der Waals surface area contributed by atoms with E-state index in [0.29, 0.717) is 32.6 Å². The Morgan fingerprint density at radius 3 is 2.54 bits per heavy atom. The van der Waals surface area contributed by atoms with Gasteiger partial charge in [0.2, 0.25) is 0 Å². The second-order valence-electron chi connectivity index (χ2n) is 7.18. The smallest absolute Gasteiger partial charge is 0.252 e. The molecule has 1 aliphatic carbocycles. The summed E-state index contributed by atoms with van der Waals surface area (Å²) in [4.78, 5) is 12.5. The zero-order valence-corrected chi connectivity index (χ0v) is 14.0. The molecule has 1 aromatic rings. The van der Waals surface area contributed by atoms with Gasteiger partial charge in [-0.25, -0.2) is 4.39 Å². The van der Waals surface area contributed by atoms with Crippen LogP contribution in [0.15, 0.2) is 24.3 Å². The molecule has 2 fully saturated rings. The van der Waals surface area contributed by atoms with Gasteiger partial charge in [0.15, 0.2) is 0 Å². The van der Waals surface area contributed by atoms with Gasteiger partial charge in [0, 0.05) is 38.0 Å². The molecule has 2 aliphatic rings. The summed E-state index contributed by atoms with van der Waals surface area (Å²) >= 11 is 0. The number of carbonyl (C=O) groups excluding carboxylic acids is 1. The summed E-state index contributed by atoms with van der Waals surface area (Å²) in [7, 11) is 0. The largest absolute Gasteiger partial charge is 0.381 e. The Kier molecular flexibility index (Phi) is 5.21. The lowest BCUT2D eigenvalue weighted by atomic mass is 9.69. The number of nitrogens with one attached hydrogen (secondary N) is 1. The number of amides is 1. The van der Waals surface area contributed by atoms with E-state index in [2.05, 4.69) is 5.32 Å². The number of hydrogen-bond acceptors (Lipinski definition) is 3. The third-order valence-corrected chi connectivity index (χ3v) is 5.58. The first-order chi connectivity index (χ1) is 11.5. The van der Waals surface area contributed by atoms with Gasteiger partial charge in [-0.15, -0.1) is 0 Å². The molecular formula is C19H26FNO3. The summed E-state index contributed by atoms with van der Waals surface area (Å²) < 4.78 is 18.9. The standard InChI is InChI=1S/C19H26FNO3/c20-16-6-4-5-15(13-16)18(7-2-1-3-8-18)14-21-17(22)19(23)9-11-24-12-10-19/h4-6,13,23H,1-3,7-12,14H2,(H,21,22). The molecule has 1 saturated carbocycles. The van der Waals surface area contributed by atoms with E-state index in [9.17, 15) is 14.3 Å². The van der Waals surface area contributed by atoms with E-state index in [-0.39, 0.29) is 17.1 Å². The molecule has 132 valence electrons. The van der Waals surface area contributed by atoms with Crippen LogP contribution >= 0.6 is 0 Å². The third kappa shape index (κ3) is 3.62. The van der Waals surface area contributed by atoms with Crippen LogP contribution in [0.1, 0.15) is 50.5 Å². The van der Waals surface area contributed by atoms with E-state index in [0.717, 1.165) is 31.2 Å². The summed E-state index contributed by atoms with van der Waals surface area (Å²) in [5, 5.41) is 13.5. The summed E-state index contributed by atoms with van der Waals surface area (Å²) in [6.45, 7) is 1.25. The van der Waals surface area contributed by atoms with Crippen LogP contribution in [0.25, 0.3) is 0 Å². The number of ether oxygens (including phenoxy) is 1. The third-order valence-electron chi connectivity index (χ3n) is 5.58. The average Bonchev–Trinajstić information content (AvgIpc) is 2.61. The van der Waals surface area contributed by atoms with Gasteiger partial charge in [0.25, 0.3) is 5.91 Å². The molecule has 1 amide bonds. The molecule has 5 heteroatoms. The van der Waals surface area contributed by atoms with Crippen molar-refractivity contribution < 1.29 is 19.0 Å². The molecule has 1 saturated heterocycles. The van der Waals surface area contributed by atoms with Crippen LogP contribution in [-0.4, -0.2) is 36.4 Å². The molecule has 0 atom stereocenters. The SMILES string of the molecule is O=C(NCC1(c2cccc(F)c2)CCCCC1)C1(O)CCOCC1. The van der Waals surface area contributed by atoms with E-state index in [1.54, 1.807) is 12.1 Å². The summed E-state index contributed by atoms with van der Waals surface area (Å²) in [5.41, 5.74) is -0.630. The Morgan fingerprint density at radius 2 is 1.88 bits per heavy atom. The number of carbonyl (C=O) groups is 1. The highest BCUT2D eigenvalue weighted by molar-refractivity contribution is 5.85. The van der Waals surface area contributed by atoms with Gasteiger partial charge in [0.1, 0.15) is 11.4 Å². The zero-order valence-electron chi connectivity index (χ0n) is 14.0. The van der Waals surface area contributed by atoms with E-state index >= 15 is 0 Å². The highest BCUT2D eigenvalue weighted by Gasteiger charge is 2.40. The number of rotatable bonds is 4. The van der Waals surface area contributed by atoms with Crippen molar-refractivity contribution in [2.75, 3.05) is 19.8 Å². The van der Waals surface area contributed by atoms with Gasteiger partial charge in [-0.1, -0.05) is 31.4 Å². The normalized spacial score (nSPS) is 22.8. The summed E-state index contributed by atoms with van der Waals surface area (Å²) in [6, 6.07) is 6.71. The number of aliphatic hydroxyl groups is 1. The molecular weight excluding hydrogens is 309 g/mol. The molecule has 3 rings (SSSR count). The first-order valence-electron chi connectivity index (χ1n) is 8.89. The van der Waals surface area contributed by atoms with Crippen LogP contribution in [0.5, 0.6) is 0 Å². The fourth-order valence-electron chi connectivity index (χ4n) is 3.96. The van der Waals surface area contributed by atoms with Gasteiger partial charge >= 0.3 is 0 Å². The van der Waals surface area contributed by atoms with E-state index in [1.807, 2.05) is 6.07 Å². The topological polar surface area (TPSA) is 58.6 Å². The monoisotopic (exact) mass is 335 g/mol. The number of hydrogen-bond donors (Lipinski definition) is 2. The fraction of sp³-hybridized carbons (Fsp3) is 0.632. The molecule has 0 radical (unpaired) electrons. The second-order valence-corrected chi connectivity index (χ2v) is 7.18. The fourth-order valence-corrected chi connectivity index (χ4v) is 3.96. The lowest BCUT2D eigenvalue weighted by Crippen LogP contribution is -2.53. The van der Waals surface area contributed by atoms with Crippen LogP contribution in [0.3, 0.4) is 0 Å². The van der Waals surface area contributed by atoms with Crippen LogP contribution in [0.4, 0.5) is 4.39 Å². The van der Waals surface area contributed by atoms with Crippen LogP contribution in [-0.2, 0) is 14.9 Å². The molecule has 2 N–H and O–H groups in total.